The Labute approximate surface area is 124 Å². The highest BCUT2D eigenvalue weighted by Gasteiger charge is 2.39. The third-order valence-electron chi connectivity index (χ3n) is 5.27. The number of fused-ring (bicyclic) bond motifs is 3. The minimum atomic E-state index is 0.292. The third kappa shape index (κ3) is 2.38. The van der Waals surface area contributed by atoms with E-state index in [9.17, 15) is 0 Å². The van der Waals surface area contributed by atoms with Crippen LogP contribution in [0.2, 0.25) is 0 Å². The van der Waals surface area contributed by atoms with Crippen molar-refractivity contribution in [2.75, 3.05) is 0 Å². The van der Waals surface area contributed by atoms with Gasteiger partial charge in [0.2, 0.25) is 0 Å². The molecule has 2 aliphatic carbocycles. The van der Waals surface area contributed by atoms with Crippen molar-refractivity contribution in [1.29, 1.82) is 0 Å². The average Bonchev–Trinajstić information content (AvgIpc) is 3.11. The summed E-state index contributed by atoms with van der Waals surface area (Å²) < 4.78 is 1.29. The summed E-state index contributed by atoms with van der Waals surface area (Å²) in [6, 6.07) is 8.68. The second-order valence-electron chi connectivity index (χ2n) is 6.71. The van der Waals surface area contributed by atoms with E-state index in [1.54, 1.807) is 0 Å². The highest BCUT2D eigenvalue weighted by Crippen LogP contribution is 2.49. The van der Waals surface area contributed by atoms with Crippen LogP contribution in [0.1, 0.15) is 37.1 Å². The molecule has 1 aromatic carbocycles. The fourth-order valence-corrected chi connectivity index (χ4v) is 5.43. The molecule has 1 heterocycles. The monoisotopic (exact) mass is 286 g/mol. The first-order valence-electron chi connectivity index (χ1n) is 7.88. The van der Waals surface area contributed by atoms with Crippen LogP contribution < -0.4 is 5.73 Å². The number of thiazole rings is 1. The average molecular weight is 286 g/mol. The zero-order chi connectivity index (χ0) is 13.5. The van der Waals surface area contributed by atoms with E-state index >= 15 is 0 Å². The number of nitrogens with two attached hydrogens (primary N) is 1. The number of nitrogens with zero attached hydrogens (tertiary/aromatic N) is 1. The molecule has 2 aliphatic rings. The van der Waals surface area contributed by atoms with Gasteiger partial charge in [0.05, 0.1) is 15.2 Å². The van der Waals surface area contributed by atoms with Crippen LogP contribution in [-0.2, 0) is 6.42 Å². The maximum atomic E-state index is 6.41. The normalized spacial score (nSPS) is 30.1. The summed E-state index contributed by atoms with van der Waals surface area (Å²) in [4.78, 5) is 4.71. The lowest BCUT2D eigenvalue weighted by molar-refractivity contribution is 0.294. The first-order valence-corrected chi connectivity index (χ1v) is 8.69. The molecule has 2 bridgehead atoms. The van der Waals surface area contributed by atoms with Gasteiger partial charge in [-0.05, 0) is 55.6 Å². The Kier molecular flexibility index (Phi) is 3.27. The van der Waals surface area contributed by atoms with E-state index in [-0.39, 0.29) is 0 Å². The van der Waals surface area contributed by atoms with Crippen LogP contribution in [-0.4, -0.2) is 11.0 Å². The van der Waals surface area contributed by atoms with Crippen molar-refractivity contribution >= 4 is 21.6 Å². The molecule has 20 heavy (non-hydrogen) atoms. The number of hydrogen-bond acceptors (Lipinski definition) is 3. The van der Waals surface area contributed by atoms with Gasteiger partial charge < -0.3 is 5.73 Å². The van der Waals surface area contributed by atoms with Gasteiger partial charge in [-0.3, -0.25) is 0 Å². The summed E-state index contributed by atoms with van der Waals surface area (Å²) in [5.41, 5.74) is 7.53. The lowest BCUT2D eigenvalue weighted by atomic mass is 9.84. The van der Waals surface area contributed by atoms with E-state index in [1.165, 1.54) is 41.8 Å². The molecule has 4 atom stereocenters. The number of hydrogen-bond donors (Lipinski definition) is 1. The van der Waals surface area contributed by atoms with E-state index < -0.39 is 0 Å². The van der Waals surface area contributed by atoms with Gasteiger partial charge in [-0.25, -0.2) is 4.98 Å². The topological polar surface area (TPSA) is 38.9 Å². The molecule has 0 spiro atoms. The van der Waals surface area contributed by atoms with E-state index in [1.807, 2.05) is 11.3 Å². The van der Waals surface area contributed by atoms with Gasteiger partial charge in [0.25, 0.3) is 0 Å². The van der Waals surface area contributed by atoms with Crippen LogP contribution in [0.3, 0.4) is 0 Å². The number of rotatable bonds is 4. The van der Waals surface area contributed by atoms with Crippen molar-refractivity contribution in [3.05, 3.63) is 29.3 Å². The Morgan fingerprint density at radius 2 is 2.15 bits per heavy atom. The summed E-state index contributed by atoms with van der Waals surface area (Å²) in [5.74, 6) is 2.92. The second-order valence-corrected chi connectivity index (χ2v) is 7.83. The smallest absolute Gasteiger partial charge is 0.0954 e. The maximum Gasteiger partial charge on any atom is 0.0954 e. The van der Waals surface area contributed by atoms with Crippen LogP contribution in [0.4, 0.5) is 0 Å². The molecular formula is C17H22N2S. The SMILES string of the molecule is NC(Cc1nc2ccccc2s1)CC1CC2CCC1C2. The van der Waals surface area contributed by atoms with Crippen molar-refractivity contribution < 1.29 is 0 Å². The second kappa shape index (κ2) is 5.12. The first-order chi connectivity index (χ1) is 9.78. The molecular weight excluding hydrogens is 264 g/mol. The summed E-state index contributed by atoms with van der Waals surface area (Å²) in [6.45, 7) is 0. The molecule has 2 N–H and O–H groups in total. The molecule has 4 rings (SSSR count). The molecule has 4 unspecified atom stereocenters. The Morgan fingerprint density at radius 1 is 1.25 bits per heavy atom. The number of para-hydroxylation sites is 1. The standard InChI is InChI=1S/C17H22N2S/c18-14(9-13-8-11-5-6-12(13)7-11)10-17-19-15-3-1-2-4-16(15)20-17/h1-4,11-14H,5-10,18H2. The van der Waals surface area contributed by atoms with E-state index in [4.69, 9.17) is 10.7 Å². The molecule has 0 amide bonds. The number of aromatic nitrogens is 1. The molecule has 0 saturated heterocycles. The van der Waals surface area contributed by atoms with Crippen molar-refractivity contribution in [1.82, 2.24) is 4.98 Å². The fraction of sp³-hybridized carbons (Fsp3) is 0.588. The molecule has 0 radical (unpaired) electrons. The Bertz CT molecular complexity index is 573. The molecule has 0 aliphatic heterocycles. The maximum absolute atomic E-state index is 6.41. The number of benzene rings is 1. The molecule has 2 saturated carbocycles. The van der Waals surface area contributed by atoms with Crippen molar-refractivity contribution in [2.24, 2.45) is 23.5 Å². The lowest BCUT2D eigenvalue weighted by Gasteiger charge is -2.24. The van der Waals surface area contributed by atoms with E-state index in [0.717, 1.165) is 29.7 Å². The van der Waals surface area contributed by atoms with Gasteiger partial charge in [0.15, 0.2) is 0 Å². The zero-order valence-corrected chi connectivity index (χ0v) is 12.6. The third-order valence-corrected chi connectivity index (χ3v) is 6.32. The molecule has 2 aromatic rings. The van der Waals surface area contributed by atoms with Gasteiger partial charge in [0, 0.05) is 12.5 Å². The predicted octanol–water partition coefficient (Wildman–Crippen LogP) is 3.99. The van der Waals surface area contributed by atoms with Crippen LogP contribution in [0.15, 0.2) is 24.3 Å². The zero-order valence-electron chi connectivity index (χ0n) is 11.8. The molecule has 3 heteroatoms. The summed E-state index contributed by atoms with van der Waals surface area (Å²) in [6.07, 6.45) is 8.03. The summed E-state index contributed by atoms with van der Waals surface area (Å²) in [7, 11) is 0. The first kappa shape index (κ1) is 12.8. The largest absolute Gasteiger partial charge is 0.327 e. The highest BCUT2D eigenvalue weighted by atomic mass is 32.1. The van der Waals surface area contributed by atoms with Crippen LogP contribution >= 0.6 is 11.3 Å². The summed E-state index contributed by atoms with van der Waals surface area (Å²) >= 11 is 1.81. The van der Waals surface area contributed by atoms with Crippen molar-refractivity contribution in [2.45, 2.75) is 44.6 Å². The van der Waals surface area contributed by atoms with Gasteiger partial charge in [-0.15, -0.1) is 11.3 Å². The quantitative estimate of drug-likeness (QED) is 0.923. The van der Waals surface area contributed by atoms with E-state index in [0.29, 0.717) is 6.04 Å². The molecule has 1 aromatic heterocycles. The minimum absolute atomic E-state index is 0.292. The Balaban J connectivity index is 1.40. The van der Waals surface area contributed by atoms with Crippen LogP contribution in [0.25, 0.3) is 10.2 Å². The summed E-state index contributed by atoms with van der Waals surface area (Å²) in [5, 5.41) is 1.21. The van der Waals surface area contributed by atoms with Gasteiger partial charge in [-0.2, -0.15) is 0 Å². The predicted molar refractivity (Wildman–Crippen MR) is 84.9 cm³/mol. The van der Waals surface area contributed by atoms with Crippen LogP contribution in [0.5, 0.6) is 0 Å². The van der Waals surface area contributed by atoms with E-state index in [2.05, 4.69) is 24.3 Å². The Hall–Kier alpha value is -0.930. The van der Waals surface area contributed by atoms with Gasteiger partial charge >= 0.3 is 0 Å². The molecule has 2 fully saturated rings. The van der Waals surface area contributed by atoms with Gasteiger partial charge in [-0.1, -0.05) is 18.6 Å². The lowest BCUT2D eigenvalue weighted by Crippen LogP contribution is -2.28. The Morgan fingerprint density at radius 3 is 2.90 bits per heavy atom. The fourth-order valence-electron chi connectivity index (χ4n) is 4.37. The molecule has 2 nitrogen and oxygen atoms in total. The van der Waals surface area contributed by atoms with Crippen molar-refractivity contribution in [3.63, 3.8) is 0 Å². The molecule has 106 valence electrons. The van der Waals surface area contributed by atoms with Crippen molar-refractivity contribution in [3.8, 4) is 0 Å². The highest BCUT2D eigenvalue weighted by molar-refractivity contribution is 7.18. The van der Waals surface area contributed by atoms with Crippen LogP contribution in [0, 0.1) is 17.8 Å². The van der Waals surface area contributed by atoms with Gasteiger partial charge in [0.1, 0.15) is 0 Å². The minimum Gasteiger partial charge on any atom is -0.327 e.